The molecule has 2 aromatic carbocycles. The van der Waals surface area contributed by atoms with Gasteiger partial charge in [0, 0.05) is 44.8 Å². The number of carbonyl (C=O) groups is 2. The summed E-state index contributed by atoms with van der Waals surface area (Å²) in [5.74, 6) is -1.65. The number of halogens is 2. The SMILES string of the molecule is CC1=C(C(=O)OCCOc2ccccc2)[C@@H](c2c(F)cccc2Cl)C2=C(C[C@@H](c3cccs3)CC2=O)N1. The first-order chi connectivity index (χ1) is 17.9. The number of nitrogens with one attached hydrogen (secondary N) is 1. The van der Waals surface area contributed by atoms with Crippen LogP contribution in [0, 0.1) is 5.82 Å². The maximum absolute atomic E-state index is 15.2. The van der Waals surface area contributed by atoms with Gasteiger partial charge in [-0.2, -0.15) is 0 Å². The smallest absolute Gasteiger partial charge is 0.336 e. The Hall–Kier alpha value is -3.42. The van der Waals surface area contributed by atoms with Gasteiger partial charge in [0.2, 0.25) is 0 Å². The van der Waals surface area contributed by atoms with Crippen LogP contribution in [0.5, 0.6) is 5.75 Å². The average molecular weight is 538 g/mol. The number of carbonyl (C=O) groups excluding carboxylic acids is 2. The Morgan fingerprint density at radius 1 is 1.08 bits per heavy atom. The van der Waals surface area contributed by atoms with Gasteiger partial charge in [0.1, 0.15) is 24.8 Å². The number of hydrogen-bond donors (Lipinski definition) is 1. The van der Waals surface area contributed by atoms with Gasteiger partial charge in [0.05, 0.1) is 11.5 Å². The summed E-state index contributed by atoms with van der Waals surface area (Å²) in [6, 6.07) is 17.5. The molecule has 0 saturated heterocycles. The van der Waals surface area contributed by atoms with Crippen LogP contribution in [-0.4, -0.2) is 25.0 Å². The number of dihydropyridines is 1. The summed E-state index contributed by atoms with van der Waals surface area (Å²) >= 11 is 8.08. The summed E-state index contributed by atoms with van der Waals surface area (Å²) in [7, 11) is 0. The maximum atomic E-state index is 15.2. The number of hydrogen-bond acceptors (Lipinski definition) is 6. The van der Waals surface area contributed by atoms with Gasteiger partial charge in [-0.25, -0.2) is 9.18 Å². The Bertz CT molecular complexity index is 1360. The fraction of sp³-hybridized carbons (Fsp3) is 0.241. The molecule has 0 radical (unpaired) electrons. The highest BCUT2D eigenvalue weighted by atomic mass is 35.5. The number of ether oxygens (including phenoxy) is 2. The van der Waals surface area contributed by atoms with E-state index in [-0.39, 0.29) is 47.5 Å². The highest BCUT2D eigenvalue weighted by molar-refractivity contribution is 7.10. The van der Waals surface area contributed by atoms with Crippen molar-refractivity contribution in [2.45, 2.75) is 31.6 Å². The van der Waals surface area contributed by atoms with Crippen molar-refractivity contribution in [3.8, 4) is 5.75 Å². The van der Waals surface area contributed by atoms with Crippen molar-refractivity contribution >= 4 is 34.7 Å². The van der Waals surface area contributed by atoms with Crippen molar-refractivity contribution in [3.63, 3.8) is 0 Å². The van der Waals surface area contributed by atoms with Crippen molar-refractivity contribution in [3.05, 3.63) is 110 Å². The molecule has 5 rings (SSSR count). The van der Waals surface area contributed by atoms with E-state index in [1.807, 2.05) is 47.8 Å². The van der Waals surface area contributed by atoms with Crippen molar-refractivity contribution < 1.29 is 23.5 Å². The van der Waals surface area contributed by atoms with Gasteiger partial charge in [-0.3, -0.25) is 4.79 Å². The van der Waals surface area contributed by atoms with E-state index in [0.717, 1.165) is 4.88 Å². The molecule has 37 heavy (non-hydrogen) atoms. The minimum atomic E-state index is -0.968. The molecular formula is C29H25ClFNO4S. The highest BCUT2D eigenvalue weighted by Gasteiger charge is 2.43. The molecule has 0 spiro atoms. The zero-order valence-corrected chi connectivity index (χ0v) is 21.7. The normalized spacial score (nSPS) is 19.4. The van der Waals surface area contributed by atoms with Gasteiger partial charge in [0.15, 0.2) is 5.78 Å². The van der Waals surface area contributed by atoms with E-state index in [4.69, 9.17) is 21.1 Å². The fourth-order valence-corrected chi connectivity index (χ4v) is 6.10. The van der Waals surface area contributed by atoms with Crippen LogP contribution in [0.25, 0.3) is 0 Å². The molecule has 1 aliphatic heterocycles. The Morgan fingerprint density at radius 2 is 1.89 bits per heavy atom. The van der Waals surface area contributed by atoms with Crippen LogP contribution in [-0.2, 0) is 14.3 Å². The molecule has 8 heteroatoms. The van der Waals surface area contributed by atoms with E-state index in [2.05, 4.69) is 5.32 Å². The van der Waals surface area contributed by atoms with Crippen molar-refractivity contribution in [2.75, 3.05) is 13.2 Å². The Morgan fingerprint density at radius 3 is 2.62 bits per heavy atom. The van der Waals surface area contributed by atoms with E-state index in [0.29, 0.717) is 29.1 Å². The van der Waals surface area contributed by atoms with E-state index >= 15 is 4.39 Å². The predicted molar refractivity (Wildman–Crippen MR) is 141 cm³/mol. The molecule has 2 aliphatic rings. The van der Waals surface area contributed by atoms with Crippen LogP contribution in [0.1, 0.15) is 42.0 Å². The highest BCUT2D eigenvalue weighted by Crippen LogP contribution is 2.48. The molecule has 1 aromatic heterocycles. The summed E-state index contributed by atoms with van der Waals surface area (Å²) in [4.78, 5) is 28.1. The topological polar surface area (TPSA) is 64.6 Å². The van der Waals surface area contributed by atoms with E-state index in [9.17, 15) is 9.59 Å². The van der Waals surface area contributed by atoms with Crippen molar-refractivity contribution in [1.82, 2.24) is 5.32 Å². The second-order valence-electron chi connectivity index (χ2n) is 8.97. The third-order valence-electron chi connectivity index (χ3n) is 6.61. The van der Waals surface area contributed by atoms with Crippen LogP contribution in [0.3, 0.4) is 0 Å². The van der Waals surface area contributed by atoms with Crippen LogP contribution >= 0.6 is 22.9 Å². The van der Waals surface area contributed by atoms with E-state index in [1.165, 1.54) is 12.1 Å². The lowest BCUT2D eigenvalue weighted by Crippen LogP contribution is -2.36. The number of ketones is 1. The number of benzene rings is 2. The average Bonchev–Trinajstić information content (AvgIpc) is 3.42. The van der Waals surface area contributed by atoms with Crippen LogP contribution in [0.2, 0.25) is 5.02 Å². The minimum Gasteiger partial charge on any atom is -0.490 e. The maximum Gasteiger partial charge on any atom is 0.336 e. The Balaban J connectivity index is 1.45. The van der Waals surface area contributed by atoms with E-state index in [1.54, 1.807) is 24.3 Å². The van der Waals surface area contributed by atoms with Crippen molar-refractivity contribution in [2.24, 2.45) is 0 Å². The summed E-state index contributed by atoms with van der Waals surface area (Å²) in [5, 5.41) is 5.41. The molecule has 3 aromatic rings. The summed E-state index contributed by atoms with van der Waals surface area (Å²) in [6.45, 7) is 1.88. The van der Waals surface area contributed by atoms with Crippen LogP contribution in [0.15, 0.2) is 88.6 Å². The first-order valence-electron chi connectivity index (χ1n) is 12.0. The fourth-order valence-electron chi connectivity index (χ4n) is 5.00. The number of para-hydroxylation sites is 1. The standard InChI is InChI=1S/C29H25ClFNO4S/c1-17-25(29(34)36-13-12-35-19-7-3-2-4-8-19)28(26-20(30)9-5-10-21(26)31)27-22(32-17)15-18(16-23(27)33)24-11-6-14-37-24/h2-11,14,18,28,32H,12-13,15-16H2,1H3/t18-,28+/m1/s1. The van der Waals surface area contributed by atoms with Gasteiger partial charge in [-0.05, 0) is 49.1 Å². The summed E-state index contributed by atoms with van der Waals surface area (Å²) in [5.41, 5.74) is 1.86. The van der Waals surface area contributed by atoms with Gasteiger partial charge in [-0.1, -0.05) is 41.9 Å². The molecule has 190 valence electrons. The van der Waals surface area contributed by atoms with Gasteiger partial charge in [0.25, 0.3) is 0 Å². The first-order valence-corrected chi connectivity index (χ1v) is 13.3. The number of rotatable bonds is 7. The third kappa shape index (κ3) is 5.20. The lowest BCUT2D eigenvalue weighted by molar-refractivity contribution is -0.140. The molecule has 0 fully saturated rings. The zero-order chi connectivity index (χ0) is 25.9. The Labute approximate surface area is 223 Å². The van der Waals surface area contributed by atoms with Gasteiger partial charge < -0.3 is 14.8 Å². The largest absolute Gasteiger partial charge is 0.490 e. The quantitative estimate of drug-likeness (QED) is 0.274. The number of Topliss-reactive ketones (excluding diaryl/α,β-unsaturated/α-hetero) is 1. The molecule has 1 N–H and O–H groups in total. The lowest BCUT2D eigenvalue weighted by atomic mass is 9.72. The monoisotopic (exact) mass is 537 g/mol. The Kier molecular flexibility index (Phi) is 7.44. The molecule has 0 amide bonds. The number of allylic oxidation sites excluding steroid dienone is 3. The first kappa shape index (κ1) is 25.2. The van der Waals surface area contributed by atoms with Gasteiger partial charge in [-0.15, -0.1) is 11.3 Å². The predicted octanol–water partition coefficient (Wildman–Crippen LogP) is 6.52. The van der Waals surface area contributed by atoms with Crippen LogP contribution < -0.4 is 10.1 Å². The molecule has 0 unspecified atom stereocenters. The molecule has 0 saturated carbocycles. The van der Waals surface area contributed by atoms with Crippen LogP contribution in [0.4, 0.5) is 4.39 Å². The second kappa shape index (κ2) is 10.9. The number of thiophene rings is 1. The molecule has 2 atom stereocenters. The third-order valence-corrected chi connectivity index (χ3v) is 7.97. The minimum absolute atomic E-state index is 0.0114. The molecule has 1 aliphatic carbocycles. The molecule has 2 heterocycles. The molecule has 5 nitrogen and oxygen atoms in total. The lowest BCUT2D eigenvalue weighted by Gasteiger charge is -2.36. The van der Waals surface area contributed by atoms with E-state index < -0.39 is 17.7 Å². The van der Waals surface area contributed by atoms with Gasteiger partial charge >= 0.3 is 5.97 Å². The molecule has 0 bridgehead atoms. The second-order valence-corrected chi connectivity index (χ2v) is 10.4. The molecular weight excluding hydrogens is 513 g/mol. The zero-order valence-electron chi connectivity index (χ0n) is 20.1. The summed E-state index contributed by atoms with van der Waals surface area (Å²) in [6.07, 6.45) is 0.852. The summed E-state index contributed by atoms with van der Waals surface area (Å²) < 4.78 is 26.4. The number of esters is 1. The van der Waals surface area contributed by atoms with Crippen molar-refractivity contribution in [1.29, 1.82) is 0 Å².